The van der Waals surface area contributed by atoms with Crippen molar-refractivity contribution in [3.8, 4) is 45.1 Å². The van der Waals surface area contributed by atoms with E-state index < -0.39 is 0 Å². The van der Waals surface area contributed by atoms with Crippen molar-refractivity contribution in [2.45, 2.75) is 0 Å². The van der Waals surface area contributed by atoms with Crippen LogP contribution in [0.3, 0.4) is 0 Å². The van der Waals surface area contributed by atoms with E-state index in [0.29, 0.717) is 5.95 Å². The maximum Gasteiger partial charge on any atom is 0.235 e. The molecule has 0 unspecified atom stereocenters. The molecule has 0 saturated carbocycles. The molecule has 0 fully saturated rings. The Kier molecular flexibility index (Phi) is 7.16. The average Bonchev–Trinajstić information content (AvgIpc) is 3.82. The lowest BCUT2D eigenvalue weighted by Crippen LogP contribution is -2.03. The number of pyridine rings is 1. The van der Waals surface area contributed by atoms with E-state index in [4.69, 9.17) is 9.97 Å². The van der Waals surface area contributed by atoms with E-state index in [1.807, 2.05) is 18.5 Å². The van der Waals surface area contributed by atoms with Crippen LogP contribution in [0.2, 0.25) is 0 Å². The van der Waals surface area contributed by atoms with Gasteiger partial charge in [0.05, 0.1) is 45.2 Å². The Labute approximate surface area is 333 Å². The van der Waals surface area contributed by atoms with Crippen LogP contribution >= 0.6 is 0 Å². The Balaban J connectivity index is 1.10. The van der Waals surface area contributed by atoms with Crippen LogP contribution in [0.1, 0.15) is 0 Å². The number of hydrogen-bond acceptors (Lipinski definition) is 3. The first-order valence-corrected chi connectivity index (χ1v) is 19.6. The van der Waals surface area contributed by atoms with Crippen molar-refractivity contribution in [3.05, 3.63) is 200 Å². The van der Waals surface area contributed by atoms with Gasteiger partial charge in [0.15, 0.2) is 0 Å². The lowest BCUT2D eigenvalue weighted by atomic mass is 9.94. The van der Waals surface area contributed by atoms with Gasteiger partial charge in [-0.3, -0.25) is 9.55 Å². The van der Waals surface area contributed by atoms with Crippen molar-refractivity contribution in [1.29, 1.82) is 0 Å². The van der Waals surface area contributed by atoms with Gasteiger partial charge in [-0.1, -0.05) is 146 Å². The van der Waals surface area contributed by atoms with Crippen LogP contribution in [0, 0.1) is 0 Å². The Bertz CT molecular complexity index is 3550. The van der Waals surface area contributed by atoms with Crippen molar-refractivity contribution >= 4 is 65.3 Å². The molecule has 12 aromatic rings. The molecule has 8 aromatic carbocycles. The summed E-state index contributed by atoms with van der Waals surface area (Å²) in [5, 5.41) is 8.12. The van der Waals surface area contributed by atoms with Gasteiger partial charge in [-0.15, -0.1) is 0 Å². The molecule has 4 aromatic heterocycles. The summed E-state index contributed by atoms with van der Waals surface area (Å²) < 4.78 is 4.60. The molecule has 5 heteroatoms. The summed E-state index contributed by atoms with van der Waals surface area (Å²) in [6, 6.07) is 67.0. The van der Waals surface area contributed by atoms with Crippen molar-refractivity contribution in [2.24, 2.45) is 0 Å². The van der Waals surface area contributed by atoms with Gasteiger partial charge in [-0.25, -0.2) is 9.97 Å². The number of nitrogens with zero attached hydrogens (tertiary/aromatic N) is 5. The van der Waals surface area contributed by atoms with Crippen molar-refractivity contribution in [2.75, 3.05) is 0 Å². The minimum absolute atomic E-state index is 0.643. The normalized spacial score (nSPS) is 11.8. The van der Waals surface area contributed by atoms with E-state index in [-0.39, 0.29) is 0 Å². The third-order valence-electron chi connectivity index (χ3n) is 11.6. The number of hydrogen-bond donors (Lipinski definition) is 0. The fourth-order valence-corrected chi connectivity index (χ4v) is 9.01. The second kappa shape index (κ2) is 12.8. The Morgan fingerprint density at radius 2 is 0.966 bits per heavy atom. The predicted molar refractivity (Wildman–Crippen MR) is 240 cm³/mol. The van der Waals surface area contributed by atoms with Crippen LogP contribution in [0.25, 0.3) is 110 Å². The molecule has 0 aliphatic carbocycles. The highest BCUT2D eigenvalue weighted by Gasteiger charge is 2.21. The molecule has 0 spiro atoms. The highest BCUT2D eigenvalue weighted by Crippen LogP contribution is 2.43. The van der Waals surface area contributed by atoms with Gasteiger partial charge in [0, 0.05) is 44.1 Å². The summed E-state index contributed by atoms with van der Waals surface area (Å²) >= 11 is 0. The molecule has 270 valence electrons. The molecular weight excluding hydrogens is 707 g/mol. The van der Waals surface area contributed by atoms with Gasteiger partial charge < -0.3 is 4.57 Å². The predicted octanol–water partition coefficient (Wildman–Crippen LogP) is 13.4. The van der Waals surface area contributed by atoms with Crippen molar-refractivity contribution in [3.63, 3.8) is 0 Å². The zero-order valence-electron chi connectivity index (χ0n) is 31.3. The van der Waals surface area contributed by atoms with Crippen LogP contribution in [-0.2, 0) is 0 Å². The summed E-state index contributed by atoms with van der Waals surface area (Å²) in [6.07, 6.45) is 3.78. The number of para-hydroxylation sites is 3. The Morgan fingerprint density at radius 1 is 0.362 bits per heavy atom. The molecule has 0 saturated heterocycles. The zero-order chi connectivity index (χ0) is 38.2. The van der Waals surface area contributed by atoms with E-state index in [1.165, 1.54) is 43.8 Å². The highest BCUT2D eigenvalue weighted by molar-refractivity contribution is 6.22. The van der Waals surface area contributed by atoms with Crippen LogP contribution in [-0.4, -0.2) is 24.1 Å². The summed E-state index contributed by atoms with van der Waals surface area (Å²) in [4.78, 5) is 15.2. The van der Waals surface area contributed by atoms with E-state index in [0.717, 1.165) is 60.7 Å². The van der Waals surface area contributed by atoms with Gasteiger partial charge in [0.1, 0.15) is 0 Å². The van der Waals surface area contributed by atoms with E-state index >= 15 is 0 Å². The third-order valence-corrected chi connectivity index (χ3v) is 11.6. The second-order valence-electron chi connectivity index (χ2n) is 14.8. The van der Waals surface area contributed by atoms with Gasteiger partial charge in [-0.05, 0) is 70.1 Å². The smallest absolute Gasteiger partial charge is 0.235 e. The SMILES string of the molecule is c1ccc(-c2ccc(-c3nc(-n4c5ccccc5c5ccc(-c6cc7c8ccccc8n(-c8cccnc8)c7c7ccccc67)cc54)nc4ccccc34)cc2)cc1. The molecule has 0 bridgehead atoms. The molecule has 0 radical (unpaired) electrons. The topological polar surface area (TPSA) is 48.5 Å². The molecule has 58 heavy (non-hydrogen) atoms. The quantitative estimate of drug-likeness (QED) is 0.177. The molecule has 0 atom stereocenters. The van der Waals surface area contributed by atoms with Gasteiger partial charge in [0.25, 0.3) is 0 Å². The Morgan fingerprint density at radius 3 is 1.74 bits per heavy atom. The van der Waals surface area contributed by atoms with Gasteiger partial charge in [-0.2, -0.15) is 0 Å². The first kappa shape index (κ1) is 32.4. The molecule has 12 rings (SSSR count). The molecule has 0 amide bonds. The van der Waals surface area contributed by atoms with Crippen LogP contribution in [0.4, 0.5) is 0 Å². The van der Waals surface area contributed by atoms with Crippen molar-refractivity contribution in [1.82, 2.24) is 24.1 Å². The number of rotatable bonds is 5. The maximum absolute atomic E-state index is 5.42. The largest absolute Gasteiger partial charge is 0.307 e. The second-order valence-corrected chi connectivity index (χ2v) is 14.8. The first-order valence-electron chi connectivity index (χ1n) is 19.6. The third kappa shape index (κ3) is 4.93. The van der Waals surface area contributed by atoms with Crippen LogP contribution < -0.4 is 0 Å². The molecule has 0 aliphatic rings. The summed E-state index contributed by atoms with van der Waals surface area (Å²) in [6.45, 7) is 0. The summed E-state index contributed by atoms with van der Waals surface area (Å²) in [7, 11) is 0. The number of benzene rings is 8. The molecule has 4 heterocycles. The Hall–Kier alpha value is -7.89. The highest BCUT2D eigenvalue weighted by atomic mass is 15.2. The fraction of sp³-hybridized carbons (Fsp3) is 0. The monoisotopic (exact) mass is 739 g/mol. The zero-order valence-corrected chi connectivity index (χ0v) is 31.3. The lowest BCUT2D eigenvalue weighted by molar-refractivity contribution is 1.01. The molecular formula is C53H33N5. The van der Waals surface area contributed by atoms with Crippen LogP contribution in [0.5, 0.6) is 0 Å². The fourth-order valence-electron chi connectivity index (χ4n) is 9.01. The van der Waals surface area contributed by atoms with Gasteiger partial charge >= 0.3 is 0 Å². The summed E-state index contributed by atoms with van der Waals surface area (Å²) in [5.74, 6) is 0.643. The minimum atomic E-state index is 0.643. The summed E-state index contributed by atoms with van der Waals surface area (Å²) in [5.41, 5.74) is 13.0. The number of aromatic nitrogens is 5. The van der Waals surface area contributed by atoms with Crippen LogP contribution in [0.15, 0.2) is 200 Å². The lowest BCUT2D eigenvalue weighted by Gasteiger charge is -2.14. The maximum atomic E-state index is 5.42. The minimum Gasteiger partial charge on any atom is -0.307 e. The van der Waals surface area contributed by atoms with E-state index in [9.17, 15) is 0 Å². The molecule has 0 aliphatic heterocycles. The van der Waals surface area contributed by atoms with Gasteiger partial charge in [0.2, 0.25) is 5.95 Å². The van der Waals surface area contributed by atoms with Crippen molar-refractivity contribution < 1.29 is 0 Å². The van der Waals surface area contributed by atoms with E-state index in [1.54, 1.807) is 0 Å². The number of fused-ring (bicyclic) bond motifs is 9. The average molecular weight is 740 g/mol. The first-order chi connectivity index (χ1) is 28.8. The molecule has 0 N–H and O–H groups in total. The van der Waals surface area contributed by atoms with E-state index in [2.05, 4.69) is 196 Å². The standard InChI is InChI=1S/C53H33N5/c1-2-13-34(14-3-1)35-24-26-36(27-25-35)51-44-20-6-9-21-47(44)55-53(56-51)58-49-23-11-7-17-40(49)42-29-28-37(31-50(42)58)45-32-46-41-18-8-10-22-48(41)57(38-15-12-30-54-33-38)52(46)43-19-5-4-16-39(43)45/h1-33H. The molecule has 5 nitrogen and oxygen atoms in total.